The molecule has 3 N–H and O–H groups in total. The van der Waals surface area contributed by atoms with E-state index >= 15 is 0 Å². The van der Waals surface area contributed by atoms with Gasteiger partial charge in [-0.15, -0.1) is 0 Å². The zero-order valence-electron chi connectivity index (χ0n) is 14.2. The lowest BCUT2D eigenvalue weighted by Gasteiger charge is -2.38. The molecule has 3 fully saturated rings. The Bertz CT molecular complexity index is 580. The van der Waals surface area contributed by atoms with E-state index < -0.39 is 5.97 Å². The van der Waals surface area contributed by atoms with Crippen molar-refractivity contribution in [3.63, 3.8) is 0 Å². The Labute approximate surface area is 144 Å². The Morgan fingerprint density at radius 2 is 1.79 bits per heavy atom. The van der Waals surface area contributed by atoms with Crippen LogP contribution in [0.25, 0.3) is 0 Å². The van der Waals surface area contributed by atoms with Gasteiger partial charge in [-0.25, -0.2) is 0 Å². The number of anilines is 1. The molecule has 1 saturated heterocycles. The highest BCUT2D eigenvalue weighted by Crippen LogP contribution is 2.41. The molecule has 1 aliphatic heterocycles. The van der Waals surface area contributed by atoms with Crippen LogP contribution < -0.4 is 10.6 Å². The molecule has 130 valence electrons. The molecular weight excluding hydrogens is 300 g/mol. The van der Waals surface area contributed by atoms with Crippen LogP contribution in [0.2, 0.25) is 0 Å². The molecule has 3 aliphatic rings. The third kappa shape index (κ3) is 3.16. The monoisotopic (exact) mass is 328 g/mol. The molecule has 24 heavy (non-hydrogen) atoms. The number of carbonyl (C=O) groups is 1. The number of carboxylic acid groups (broad SMARTS) is 1. The van der Waals surface area contributed by atoms with E-state index in [-0.39, 0.29) is 12.0 Å². The van der Waals surface area contributed by atoms with Gasteiger partial charge in [0.1, 0.15) is 0 Å². The summed E-state index contributed by atoms with van der Waals surface area (Å²) in [4.78, 5) is 11.8. The predicted molar refractivity (Wildman–Crippen MR) is 95.1 cm³/mol. The fourth-order valence-corrected chi connectivity index (χ4v) is 5.01. The summed E-state index contributed by atoms with van der Waals surface area (Å²) in [5.41, 5.74) is 2.27. The fraction of sp³-hybridized carbons (Fsp3) is 0.650. The van der Waals surface area contributed by atoms with Gasteiger partial charge in [0.05, 0.1) is 5.92 Å². The van der Waals surface area contributed by atoms with E-state index in [1.165, 1.54) is 44.9 Å². The van der Waals surface area contributed by atoms with Crippen LogP contribution in [0.15, 0.2) is 24.3 Å². The largest absolute Gasteiger partial charge is 0.481 e. The summed E-state index contributed by atoms with van der Waals surface area (Å²) in [5.74, 6) is -0.422. The van der Waals surface area contributed by atoms with Crippen molar-refractivity contribution in [3.8, 4) is 0 Å². The van der Waals surface area contributed by atoms with Crippen molar-refractivity contribution in [1.82, 2.24) is 5.32 Å². The third-order valence-corrected chi connectivity index (χ3v) is 6.32. The van der Waals surface area contributed by atoms with Crippen LogP contribution in [0, 0.1) is 11.8 Å². The SMILES string of the molecule is O=C(O)C1CC2CCCC2NC1c1ccc(NC2CCCC2)cc1. The van der Waals surface area contributed by atoms with Crippen LogP contribution in [0.5, 0.6) is 0 Å². The van der Waals surface area contributed by atoms with Gasteiger partial charge >= 0.3 is 5.97 Å². The van der Waals surface area contributed by atoms with Crippen molar-refractivity contribution < 1.29 is 9.90 Å². The smallest absolute Gasteiger partial charge is 0.308 e. The maximum atomic E-state index is 11.8. The zero-order valence-corrected chi connectivity index (χ0v) is 14.2. The highest BCUT2D eigenvalue weighted by molar-refractivity contribution is 5.71. The molecule has 1 heterocycles. The summed E-state index contributed by atoms with van der Waals surface area (Å²) in [6.07, 6.45) is 9.58. The number of carboxylic acids is 1. The number of hydrogen-bond donors (Lipinski definition) is 3. The van der Waals surface area contributed by atoms with Gasteiger partial charge in [-0.1, -0.05) is 31.4 Å². The van der Waals surface area contributed by atoms with Crippen LogP contribution in [0.3, 0.4) is 0 Å². The van der Waals surface area contributed by atoms with Crippen molar-refractivity contribution in [3.05, 3.63) is 29.8 Å². The van der Waals surface area contributed by atoms with E-state index in [1.807, 2.05) is 0 Å². The van der Waals surface area contributed by atoms with Gasteiger partial charge in [0.2, 0.25) is 0 Å². The summed E-state index contributed by atoms with van der Waals surface area (Å²) in [5, 5.41) is 16.9. The molecular formula is C20H28N2O2. The molecule has 4 unspecified atom stereocenters. The second-order valence-electron chi connectivity index (χ2n) is 7.87. The van der Waals surface area contributed by atoms with Crippen molar-refractivity contribution in [1.29, 1.82) is 0 Å². The quantitative estimate of drug-likeness (QED) is 0.783. The summed E-state index contributed by atoms with van der Waals surface area (Å²) >= 11 is 0. The van der Waals surface area contributed by atoms with Crippen LogP contribution >= 0.6 is 0 Å². The minimum Gasteiger partial charge on any atom is -0.481 e. The van der Waals surface area contributed by atoms with Gasteiger partial charge in [0.15, 0.2) is 0 Å². The van der Waals surface area contributed by atoms with Crippen LogP contribution in [0.1, 0.15) is 63.0 Å². The third-order valence-electron chi connectivity index (χ3n) is 6.32. The maximum Gasteiger partial charge on any atom is 0.308 e. The van der Waals surface area contributed by atoms with E-state index in [0.29, 0.717) is 18.0 Å². The van der Waals surface area contributed by atoms with Gasteiger partial charge in [-0.3, -0.25) is 4.79 Å². The van der Waals surface area contributed by atoms with E-state index in [9.17, 15) is 9.90 Å². The zero-order chi connectivity index (χ0) is 16.5. The molecule has 0 bridgehead atoms. The summed E-state index contributed by atoms with van der Waals surface area (Å²) < 4.78 is 0. The molecule has 0 amide bonds. The predicted octanol–water partition coefficient (Wildman–Crippen LogP) is 3.95. The number of benzene rings is 1. The minimum atomic E-state index is -0.661. The molecule has 0 aromatic heterocycles. The second kappa shape index (κ2) is 6.75. The maximum absolute atomic E-state index is 11.8. The number of piperidine rings is 1. The number of fused-ring (bicyclic) bond motifs is 1. The molecule has 4 heteroatoms. The number of rotatable bonds is 4. The molecule has 0 spiro atoms. The molecule has 4 nitrogen and oxygen atoms in total. The van der Waals surface area contributed by atoms with Crippen LogP contribution in [-0.2, 0) is 4.79 Å². The Hall–Kier alpha value is -1.55. The number of nitrogens with one attached hydrogen (secondary N) is 2. The first-order valence-electron chi connectivity index (χ1n) is 9.56. The number of hydrogen-bond acceptors (Lipinski definition) is 3. The Balaban J connectivity index is 1.49. The fourth-order valence-electron chi connectivity index (χ4n) is 5.01. The lowest BCUT2D eigenvalue weighted by molar-refractivity contribution is -0.144. The summed E-state index contributed by atoms with van der Waals surface area (Å²) in [7, 11) is 0. The summed E-state index contributed by atoms with van der Waals surface area (Å²) in [6, 6.07) is 9.52. The number of aliphatic carboxylic acids is 1. The first-order valence-corrected chi connectivity index (χ1v) is 9.56. The summed E-state index contributed by atoms with van der Waals surface area (Å²) in [6.45, 7) is 0. The Morgan fingerprint density at radius 1 is 1.04 bits per heavy atom. The van der Waals surface area contributed by atoms with Gasteiger partial charge in [-0.05, 0) is 55.7 Å². The molecule has 1 aromatic carbocycles. The van der Waals surface area contributed by atoms with E-state index in [4.69, 9.17) is 0 Å². The van der Waals surface area contributed by atoms with E-state index in [2.05, 4.69) is 34.9 Å². The molecule has 4 rings (SSSR count). The highest BCUT2D eigenvalue weighted by Gasteiger charge is 2.42. The van der Waals surface area contributed by atoms with E-state index in [0.717, 1.165) is 17.7 Å². The average molecular weight is 328 g/mol. The first kappa shape index (κ1) is 15.9. The molecule has 2 aliphatic carbocycles. The second-order valence-corrected chi connectivity index (χ2v) is 7.87. The molecule has 4 atom stereocenters. The van der Waals surface area contributed by atoms with Crippen LogP contribution in [0.4, 0.5) is 5.69 Å². The Kier molecular flexibility index (Phi) is 4.49. The lowest BCUT2D eigenvalue weighted by Crippen LogP contribution is -2.47. The van der Waals surface area contributed by atoms with Gasteiger partial charge < -0.3 is 15.7 Å². The van der Waals surface area contributed by atoms with E-state index in [1.54, 1.807) is 0 Å². The van der Waals surface area contributed by atoms with Gasteiger partial charge in [0, 0.05) is 23.8 Å². The standard InChI is InChI=1S/C20H28N2O2/c23-20(24)17-12-14-4-3-7-18(14)22-19(17)13-8-10-16(11-9-13)21-15-5-1-2-6-15/h8-11,14-15,17-19,21-22H,1-7,12H2,(H,23,24). The normalized spacial score (nSPS) is 33.3. The average Bonchev–Trinajstić information content (AvgIpc) is 3.25. The van der Waals surface area contributed by atoms with Gasteiger partial charge in [0.25, 0.3) is 0 Å². The lowest BCUT2D eigenvalue weighted by atomic mass is 9.79. The van der Waals surface area contributed by atoms with Gasteiger partial charge in [-0.2, -0.15) is 0 Å². The molecule has 2 saturated carbocycles. The topological polar surface area (TPSA) is 61.4 Å². The Morgan fingerprint density at radius 3 is 2.50 bits per heavy atom. The van der Waals surface area contributed by atoms with Crippen LogP contribution in [-0.4, -0.2) is 23.2 Å². The van der Waals surface area contributed by atoms with Crippen molar-refractivity contribution >= 4 is 11.7 Å². The first-order chi connectivity index (χ1) is 11.7. The van der Waals surface area contributed by atoms with Crippen molar-refractivity contribution in [2.45, 2.75) is 69.5 Å². The molecule has 1 aromatic rings. The highest BCUT2D eigenvalue weighted by atomic mass is 16.4. The van der Waals surface area contributed by atoms with Crippen molar-refractivity contribution in [2.75, 3.05) is 5.32 Å². The van der Waals surface area contributed by atoms with Crippen molar-refractivity contribution in [2.24, 2.45) is 11.8 Å². The minimum absolute atomic E-state index is 0.0534. The molecule has 0 radical (unpaired) electrons.